The largest absolute Gasteiger partial charge is 0.455 e. The van der Waals surface area contributed by atoms with E-state index in [0.29, 0.717) is 0 Å². The van der Waals surface area contributed by atoms with Crippen molar-refractivity contribution in [2.45, 2.75) is 0 Å². The lowest BCUT2D eigenvalue weighted by atomic mass is 10.0. The summed E-state index contributed by atoms with van der Waals surface area (Å²) in [5.74, 6) is 0. The number of para-hydroxylation sites is 1. The Morgan fingerprint density at radius 3 is 1.88 bits per heavy atom. The normalized spacial score (nSPS) is 11.1. The van der Waals surface area contributed by atoms with Crippen molar-refractivity contribution in [2.75, 3.05) is 5.32 Å². The number of anilines is 2. The van der Waals surface area contributed by atoms with Crippen LogP contribution in [0.25, 0.3) is 44.2 Å². The van der Waals surface area contributed by atoms with Crippen LogP contribution >= 0.6 is 0 Å². The summed E-state index contributed by atoms with van der Waals surface area (Å²) in [4.78, 5) is 0. The summed E-state index contributed by atoms with van der Waals surface area (Å²) < 4.78 is 6.35. The van der Waals surface area contributed by atoms with Gasteiger partial charge in [-0.15, -0.1) is 0 Å². The summed E-state index contributed by atoms with van der Waals surface area (Å²) in [7, 11) is 0. The number of rotatable bonds is 4. The summed E-state index contributed by atoms with van der Waals surface area (Å²) in [5.41, 5.74) is 8.57. The first kappa shape index (κ1) is 18.5. The molecule has 0 fully saturated rings. The molecule has 1 N–H and O–H groups in total. The second-order valence-electron chi connectivity index (χ2n) is 7.93. The highest BCUT2D eigenvalue weighted by molar-refractivity contribution is 6.10. The number of benzene rings is 5. The monoisotopic (exact) mass is 411 g/mol. The Kier molecular flexibility index (Phi) is 4.47. The molecule has 0 bridgehead atoms. The maximum absolute atomic E-state index is 6.35. The molecule has 5 aromatic carbocycles. The summed E-state index contributed by atoms with van der Waals surface area (Å²) in [6.07, 6.45) is 0. The van der Waals surface area contributed by atoms with Crippen molar-refractivity contribution in [3.63, 3.8) is 0 Å². The van der Waals surface area contributed by atoms with Crippen LogP contribution in [0.5, 0.6) is 0 Å². The molecule has 0 atom stereocenters. The van der Waals surface area contributed by atoms with Gasteiger partial charge in [0, 0.05) is 33.8 Å². The molecule has 0 aliphatic carbocycles. The van der Waals surface area contributed by atoms with Gasteiger partial charge >= 0.3 is 0 Å². The Bertz CT molecular complexity index is 1510. The highest BCUT2D eigenvalue weighted by Crippen LogP contribution is 2.37. The summed E-state index contributed by atoms with van der Waals surface area (Å²) in [5, 5.41) is 5.77. The number of hydrogen-bond donors (Lipinski definition) is 1. The van der Waals surface area contributed by atoms with E-state index in [4.69, 9.17) is 4.42 Å². The molecule has 0 unspecified atom stereocenters. The number of fused-ring (bicyclic) bond motifs is 3. The molecule has 2 nitrogen and oxygen atoms in total. The molecule has 0 aliphatic rings. The van der Waals surface area contributed by atoms with E-state index in [0.717, 1.165) is 44.4 Å². The van der Waals surface area contributed by atoms with E-state index in [-0.39, 0.29) is 0 Å². The lowest BCUT2D eigenvalue weighted by Gasteiger charge is -2.08. The van der Waals surface area contributed by atoms with Gasteiger partial charge in [0.15, 0.2) is 0 Å². The minimum Gasteiger partial charge on any atom is -0.455 e. The van der Waals surface area contributed by atoms with Gasteiger partial charge in [0.05, 0.1) is 0 Å². The zero-order valence-electron chi connectivity index (χ0n) is 17.5. The fourth-order valence-corrected chi connectivity index (χ4v) is 4.26. The molecule has 1 aromatic heterocycles. The maximum Gasteiger partial charge on any atom is 0.143 e. The SMILES string of the molecule is c1ccc(-c2ccc(Nc3ccc4c(c3)oc3c(-c5ccccc5)cccc34)cc2)cc1. The Morgan fingerprint density at radius 1 is 0.469 bits per heavy atom. The molecule has 2 heteroatoms. The van der Waals surface area contributed by atoms with E-state index >= 15 is 0 Å². The van der Waals surface area contributed by atoms with Crippen molar-refractivity contribution < 1.29 is 4.42 Å². The summed E-state index contributed by atoms with van der Waals surface area (Å²) >= 11 is 0. The molecule has 32 heavy (non-hydrogen) atoms. The zero-order valence-corrected chi connectivity index (χ0v) is 17.5. The van der Waals surface area contributed by atoms with Crippen LogP contribution in [0.3, 0.4) is 0 Å². The Morgan fingerprint density at radius 2 is 1.12 bits per heavy atom. The first-order valence-electron chi connectivity index (χ1n) is 10.8. The lowest BCUT2D eigenvalue weighted by Crippen LogP contribution is -1.89. The van der Waals surface area contributed by atoms with Crippen molar-refractivity contribution in [1.29, 1.82) is 0 Å². The predicted molar refractivity (Wildman–Crippen MR) is 134 cm³/mol. The number of nitrogens with one attached hydrogen (secondary N) is 1. The van der Waals surface area contributed by atoms with Crippen LogP contribution < -0.4 is 5.32 Å². The van der Waals surface area contributed by atoms with Gasteiger partial charge < -0.3 is 9.73 Å². The van der Waals surface area contributed by atoms with Gasteiger partial charge in [-0.25, -0.2) is 0 Å². The van der Waals surface area contributed by atoms with E-state index in [1.54, 1.807) is 0 Å². The van der Waals surface area contributed by atoms with Gasteiger partial charge in [-0.05, 0) is 41.0 Å². The number of hydrogen-bond acceptors (Lipinski definition) is 2. The average molecular weight is 412 g/mol. The summed E-state index contributed by atoms with van der Waals surface area (Å²) in [6.45, 7) is 0. The van der Waals surface area contributed by atoms with Gasteiger partial charge in [-0.1, -0.05) is 91.0 Å². The third kappa shape index (κ3) is 3.32. The number of furan rings is 1. The lowest BCUT2D eigenvalue weighted by molar-refractivity contribution is 0.670. The van der Waals surface area contributed by atoms with Crippen molar-refractivity contribution in [2.24, 2.45) is 0 Å². The van der Waals surface area contributed by atoms with E-state index in [1.165, 1.54) is 11.1 Å². The van der Waals surface area contributed by atoms with Crippen LogP contribution in [-0.4, -0.2) is 0 Å². The molecule has 0 spiro atoms. The van der Waals surface area contributed by atoms with Crippen molar-refractivity contribution >= 4 is 33.3 Å². The third-order valence-electron chi connectivity index (χ3n) is 5.86. The molecule has 6 aromatic rings. The fourth-order valence-electron chi connectivity index (χ4n) is 4.26. The van der Waals surface area contributed by atoms with Crippen LogP contribution in [0.2, 0.25) is 0 Å². The second kappa shape index (κ2) is 7.75. The molecule has 0 radical (unpaired) electrons. The van der Waals surface area contributed by atoms with Crippen LogP contribution in [-0.2, 0) is 0 Å². The molecular weight excluding hydrogens is 390 g/mol. The topological polar surface area (TPSA) is 25.2 Å². The molecule has 1 heterocycles. The quantitative estimate of drug-likeness (QED) is 0.314. The Hall–Kier alpha value is -4.30. The molecule has 6 rings (SSSR count). The molecule has 0 amide bonds. The Balaban J connectivity index is 1.34. The average Bonchev–Trinajstić information content (AvgIpc) is 3.23. The van der Waals surface area contributed by atoms with E-state index in [1.807, 2.05) is 12.1 Å². The van der Waals surface area contributed by atoms with E-state index in [2.05, 4.69) is 115 Å². The maximum atomic E-state index is 6.35. The van der Waals surface area contributed by atoms with Crippen molar-refractivity contribution in [3.8, 4) is 22.3 Å². The van der Waals surface area contributed by atoms with Crippen molar-refractivity contribution in [1.82, 2.24) is 0 Å². The van der Waals surface area contributed by atoms with Crippen LogP contribution in [0.1, 0.15) is 0 Å². The molecule has 0 saturated carbocycles. The smallest absolute Gasteiger partial charge is 0.143 e. The van der Waals surface area contributed by atoms with Gasteiger partial charge in [-0.2, -0.15) is 0 Å². The predicted octanol–water partition coefficient (Wildman–Crippen LogP) is 8.66. The van der Waals surface area contributed by atoms with Gasteiger partial charge in [0.25, 0.3) is 0 Å². The van der Waals surface area contributed by atoms with E-state index < -0.39 is 0 Å². The zero-order chi connectivity index (χ0) is 21.3. The van der Waals surface area contributed by atoms with Gasteiger partial charge in [-0.3, -0.25) is 0 Å². The second-order valence-corrected chi connectivity index (χ2v) is 7.93. The standard InChI is InChI=1S/C30H21NO/c1-3-8-21(9-4-1)22-14-16-24(17-15-22)31-25-18-19-27-28-13-7-12-26(23-10-5-2-6-11-23)30(28)32-29(27)20-25/h1-20,31H. The molecular formula is C30H21NO. The van der Waals surface area contributed by atoms with Crippen LogP contribution in [0, 0.1) is 0 Å². The highest BCUT2D eigenvalue weighted by Gasteiger charge is 2.12. The minimum atomic E-state index is 0.884. The Labute approximate surface area is 186 Å². The first-order chi connectivity index (χ1) is 15.8. The van der Waals surface area contributed by atoms with Gasteiger partial charge in [0.2, 0.25) is 0 Å². The molecule has 152 valence electrons. The molecule has 0 aliphatic heterocycles. The van der Waals surface area contributed by atoms with E-state index in [9.17, 15) is 0 Å². The third-order valence-corrected chi connectivity index (χ3v) is 5.86. The summed E-state index contributed by atoms with van der Waals surface area (Å²) in [6, 6.07) is 42.0. The first-order valence-corrected chi connectivity index (χ1v) is 10.8. The molecule has 0 saturated heterocycles. The van der Waals surface area contributed by atoms with Crippen LogP contribution in [0.4, 0.5) is 11.4 Å². The minimum absolute atomic E-state index is 0.884. The highest BCUT2D eigenvalue weighted by atomic mass is 16.3. The van der Waals surface area contributed by atoms with Gasteiger partial charge in [0.1, 0.15) is 11.2 Å². The fraction of sp³-hybridized carbons (Fsp3) is 0. The van der Waals surface area contributed by atoms with Crippen molar-refractivity contribution in [3.05, 3.63) is 121 Å². The van der Waals surface area contributed by atoms with Crippen LogP contribution in [0.15, 0.2) is 126 Å².